The number of H-pyrrole nitrogens is 1. The molecule has 0 amide bonds. The third-order valence-corrected chi connectivity index (χ3v) is 4.06. The number of hydrogen-bond donors (Lipinski definition) is 1. The number of halogens is 4. The largest absolute Gasteiger partial charge is 0.433 e. The van der Waals surface area contributed by atoms with Crippen LogP contribution in [0.3, 0.4) is 0 Å². The Hall–Kier alpha value is -2.49. The van der Waals surface area contributed by atoms with Crippen LogP contribution in [-0.2, 0) is 6.18 Å². The number of aromatic amines is 1. The van der Waals surface area contributed by atoms with Crippen LogP contribution >= 0.6 is 15.9 Å². The van der Waals surface area contributed by atoms with Gasteiger partial charge in [0.1, 0.15) is 5.69 Å². The predicted octanol–water partition coefficient (Wildman–Crippen LogP) is 3.89. The number of aromatic nitrogens is 4. The summed E-state index contributed by atoms with van der Waals surface area (Å²) >= 11 is 3.12. The Morgan fingerprint density at radius 3 is 2.52 bits per heavy atom. The summed E-state index contributed by atoms with van der Waals surface area (Å²) in [6.07, 6.45) is -4.53. The van der Waals surface area contributed by atoms with E-state index >= 15 is 0 Å². The van der Waals surface area contributed by atoms with Gasteiger partial charge in [-0.25, -0.2) is 4.98 Å². The van der Waals surface area contributed by atoms with Crippen LogP contribution in [0.25, 0.3) is 22.8 Å². The van der Waals surface area contributed by atoms with Crippen molar-refractivity contribution >= 4 is 15.9 Å². The molecule has 0 radical (unpaired) electrons. The minimum Gasteiger partial charge on any atom is -0.334 e. The summed E-state index contributed by atoms with van der Waals surface area (Å²) in [6, 6.07) is 3.63. The number of nitrogens with one attached hydrogen (secondary N) is 1. The van der Waals surface area contributed by atoms with Crippen molar-refractivity contribution in [1.82, 2.24) is 20.1 Å². The fourth-order valence-corrected chi connectivity index (χ4v) is 2.55. The van der Waals surface area contributed by atoms with Gasteiger partial charge < -0.3 is 9.51 Å². The molecule has 6 nitrogen and oxygen atoms in total. The average molecular weight is 415 g/mol. The monoisotopic (exact) mass is 414 g/mol. The predicted molar refractivity (Wildman–Crippen MR) is 85.8 cm³/mol. The van der Waals surface area contributed by atoms with Gasteiger partial charge in [0.25, 0.3) is 11.4 Å². The first-order chi connectivity index (χ1) is 11.7. The molecule has 25 heavy (non-hydrogen) atoms. The van der Waals surface area contributed by atoms with Crippen molar-refractivity contribution in [2.24, 2.45) is 0 Å². The molecule has 0 aliphatic rings. The topological polar surface area (TPSA) is 84.7 Å². The van der Waals surface area contributed by atoms with Crippen LogP contribution in [0.4, 0.5) is 13.2 Å². The van der Waals surface area contributed by atoms with Crippen LogP contribution in [0, 0.1) is 13.8 Å². The Bertz CT molecular complexity index is 1010. The molecule has 10 heteroatoms. The van der Waals surface area contributed by atoms with E-state index in [4.69, 9.17) is 4.52 Å². The van der Waals surface area contributed by atoms with Gasteiger partial charge in [-0.1, -0.05) is 5.16 Å². The van der Waals surface area contributed by atoms with Gasteiger partial charge in [-0.15, -0.1) is 0 Å². The second kappa shape index (κ2) is 6.10. The van der Waals surface area contributed by atoms with Gasteiger partial charge in [0, 0.05) is 11.3 Å². The second-order valence-electron chi connectivity index (χ2n) is 5.24. The number of alkyl halides is 3. The Morgan fingerprint density at radius 2 is 1.88 bits per heavy atom. The fourth-order valence-electron chi connectivity index (χ4n) is 2.22. The number of hydrogen-bond acceptors (Lipinski definition) is 5. The normalized spacial score (nSPS) is 11.8. The van der Waals surface area contributed by atoms with Gasteiger partial charge in [-0.05, 0) is 48.0 Å². The van der Waals surface area contributed by atoms with E-state index in [0.29, 0.717) is 21.3 Å². The first kappa shape index (κ1) is 17.3. The fraction of sp³-hybridized carbons (Fsp3) is 0.200. The van der Waals surface area contributed by atoms with Crippen LogP contribution in [0.15, 0.2) is 32.0 Å². The molecule has 0 saturated heterocycles. The maximum atomic E-state index is 12.7. The summed E-state index contributed by atoms with van der Waals surface area (Å²) in [7, 11) is 0. The zero-order chi connectivity index (χ0) is 18.4. The molecule has 0 bridgehead atoms. The number of rotatable bonds is 2. The first-order valence-corrected chi connectivity index (χ1v) is 7.75. The maximum Gasteiger partial charge on any atom is 0.433 e. The van der Waals surface area contributed by atoms with Gasteiger partial charge >= 0.3 is 6.18 Å². The lowest BCUT2D eigenvalue weighted by Gasteiger charge is -2.07. The van der Waals surface area contributed by atoms with Crippen LogP contribution in [0.5, 0.6) is 0 Å². The van der Waals surface area contributed by atoms with Crippen LogP contribution in [-0.4, -0.2) is 20.1 Å². The Balaban J connectivity index is 2.03. The summed E-state index contributed by atoms with van der Waals surface area (Å²) in [4.78, 5) is 21.9. The molecule has 1 N–H and O–H groups in total. The maximum absolute atomic E-state index is 12.7. The highest BCUT2D eigenvalue weighted by Crippen LogP contribution is 2.31. The van der Waals surface area contributed by atoms with Crippen molar-refractivity contribution < 1.29 is 17.7 Å². The number of aryl methyl sites for hydroxylation is 2. The molecule has 0 saturated carbocycles. The van der Waals surface area contributed by atoms with Crippen molar-refractivity contribution in [2.75, 3.05) is 0 Å². The van der Waals surface area contributed by atoms with Crippen molar-refractivity contribution in [1.29, 1.82) is 0 Å². The van der Waals surface area contributed by atoms with Gasteiger partial charge in [-0.3, -0.25) is 4.79 Å². The van der Waals surface area contributed by atoms with Crippen LogP contribution in [0.1, 0.15) is 17.1 Å². The van der Waals surface area contributed by atoms with Crippen molar-refractivity contribution in [3.63, 3.8) is 0 Å². The molecular weight excluding hydrogens is 405 g/mol. The Kier molecular flexibility index (Phi) is 4.23. The smallest absolute Gasteiger partial charge is 0.334 e. The molecule has 0 unspecified atom stereocenters. The number of nitrogens with zero attached hydrogens (tertiary/aromatic N) is 3. The van der Waals surface area contributed by atoms with E-state index in [1.54, 1.807) is 13.0 Å². The van der Waals surface area contributed by atoms with E-state index < -0.39 is 11.9 Å². The first-order valence-electron chi connectivity index (χ1n) is 6.95. The lowest BCUT2D eigenvalue weighted by Crippen LogP contribution is -2.09. The Morgan fingerprint density at radius 1 is 1.16 bits per heavy atom. The quantitative estimate of drug-likeness (QED) is 0.687. The zero-order valence-electron chi connectivity index (χ0n) is 12.9. The SMILES string of the molecule is Cc1nc(C(F)(F)F)ccc1-c1nc(-c2cc(Br)c(=O)[nH]c2C)no1. The molecule has 0 fully saturated rings. The van der Waals surface area contributed by atoms with E-state index in [0.717, 1.165) is 6.07 Å². The van der Waals surface area contributed by atoms with E-state index in [1.807, 2.05) is 0 Å². The minimum atomic E-state index is -4.53. The lowest BCUT2D eigenvalue weighted by atomic mass is 10.1. The average Bonchev–Trinajstić information content (AvgIpc) is 2.99. The standard InChI is InChI=1S/C15H10BrF3N4O2/c1-6-8(3-4-11(20-6)15(17,18)19)14-22-12(23-25-14)9-5-10(16)13(24)21-7(9)2/h3-5H,1-2H3,(H,21,24). The molecule has 0 aliphatic carbocycles. The summed E-state index contributed by atoms with van der Waals surface area (Å²) < 4.78 is 43.5. The molecule has 3 aromatic heterocycles. The lowest BCUT2D eigenvalue weighted by molar-refractivity contribution is -0.141. The van der Waals surface area contributed by atoms with E-state index in [9.17, 15) is 18.0 Å². The highest BCUT2D eigenvalue weighted by Gasteiger charge is 2.33. The Labute approximate surface area is 147 Å². The summed E-state index contributed by atoms with van der Waals surface area (Å²) in [6.45, 7) is 3.10. The molecule has 3 aromatic rings. The van der Waals surface area contributed by atoms with Gasteiger partial charge in [0.15, 0.2) is 0 Å². The molecule has 0 aliphatic heterocycles. The third-order valence-electron chi connectivity index (χ3n) is 3.47. The van der Waals surface area contributed by atoms with Crippen molar-refractivity contribution in [3.05, 3.63) is 50.1 Å². The third kappa shape index (κ3) is 3.34. The summed E-state index contributed by atoms with van der Waals surface area (Å²) in [5, 5.41) is 3.83. The molecular formula is C15H10BrF3N4O2. The minimum absolute atomic E-state index is 0.0375. The highest BCUT2D eigenvalue weighted by molar-refractivity contribution is 9.10. The van der Waals surface area contributed by atoms with Crippen molar-refractivity contribution in [3.8, 4) is 22.8 Å². The zero-order valence-corrected chi connectivity index (χ0v) is 14.5. The van der Waals surface area contributed by atoms with Crippen LogP contribution < -0.4 is 5.56 Å². The molecule has 3 rings (SSSR count). The molecule has 0 aromatic carbocycles. The molecule has 0 atom stereocenters. The van der Waals surface area contributed by atoms with Gasteiger partial charge in [0.2, 0.25) is 5.82 Å². The summed E-state index contributed by atoms with van der Waals surface area (Å²) in [5.74, 6) is 0.235. The van der Waals surface area contributed by atoms with E-state index in [-0.39, 0.29) is 23.0 Å². The number of pyridine rings is 2. The van der Waals surface area contributed by atoms with E-state index in [1.165, 1.54) is 13.0 Å². The summed E-state index contributed by atoms with van der Waals surface area (Å²) in [5.41, 5.74) is 0.181. The van der Waals surface area contributed by atoms with E-state index in [2.05, 4.69) is 36.0 Å². The van der Waals surface area contributed by atoms with Gasteiger partial charge in [0.05, 0.1) is 15.7 Å². The van der Waals surface area contributed by atoms with Gasteiger partial charge in [-0.2, -0.15) is 18.2 Å². The molecule has 0 spiro atoms. The van der Waals surface area contributed by atoms with Crippen LogP contribution in [0.2, 0.25) is 0 Å². The van der Waals surface area contributed by atoms with Crippen molar-refractivity contribution in [2.45, 2.75) is 20.0 Å². The molecule has 130 valence electrons. The second-order valence-corrected chi connectivity index (χ2v) is 6.09. The molecule has 3 heterocycles. The highest BCUT2D eigenvalue weighted by atomic mass is 79.9.